The molecule has 1 fully saturated rings. The average Bonchev–Trinajstić information content (AvgIpc) is 2.74. The quantitative estimate of drug-likeness (QED) is 0.220. The van der Waals surface area contributed by atoms with Gasteiger partial charge < -0.3 is 10.0 Å². The first-order valence-electron chi connectivity index (χ1n) is 13.5. The van der Waals surface area contributed by atoms with Crippen LogP contribution in [0.4, 0.5) is 0 Å². The van der Waals surface area contributed by atoms with Gasteiger partial charge >= 0.3 is 5.97 Å². The maximum atomic E-state index is 13.2. The minimum atomic E-state index is -1.03. The van der Waals surface area contributed by atoms with Crippen molar-refractivity contribution in [3.8, 4) is 0 Å². The summed E-state index contributed by atoms with van der Waals surface area (Å²) >= 11 is 1.64. The lowest BCUT2D eigenvalue weighted by Crippen LogP contribution is -2.66. The second-order valence-corrected chi connectivity index (χ2v) is 13.4. The summed E-state index contributed by atoms with van der Waals surface area (Å²) in [5.41, 5.74) is 0.785. The summed E-state index contributed by atoms with van der Waals surface area (Å²) in [7, 11) is 0. The van der Waals surface area contributed by atoms with Crippen LogP contribution in [0.5, 0.6) is 0 Å². The third-order valence-corrected chi connectivity index (χ3v) is 8.68. The molecule has 2 aliphatic rings. The molecular formula is C28H48N2O4S. The van der Waals surface area contributed by atoms with Crippen molar-refractivity contribution in [3.63, 3.8) is 0 Å². The van der Waals surface area contributed by atoms with Crippen LogP contribution in [0.15, 0.2) is 11.3 Å². The zero-order valence-electron chi connectivity index (χ0n) is 23.1. The van der Waals surface area contributed by atoms with Gasteiger partial charge in [-0.3, -0.25) is 14.5 Å². The molecule has 1 saturated heterocycles. The van der Waals surface area contributed by atoms with E-state index in [0.717, 1.165) is 57.1 Å². The standard InChI is InChI=1S/C28H48N2O4S/c1-8-9-10-12-15-21(31)29(17-14-11-13-16-27(3,4)5)19-28(6,7)22-24(32)30-23(26(33)34)20(2)18-35-25(22)30/h22,25H,8-19H2,1-7H3,(H,33,34)/t22?,25-/m1/s1. The fourth-order valence-electron chi connectivity index (χ4n) is 5.24. The Balaban J connectivity index is 2.06. The van der Waals surface area contributed by atoms with Crippen LogP contribution < -0.4 is 0 Å². The lowest BCUT2D eigenvalue weighted by atomic mass is 9.72. The highest BCUT2D eigenvalue weighted by molar-refractivity contribution is 8.00. The van der Waals surface area contributed by atoms with Crippen LogP contribution in [0, 0.1) is 16.7 Å². The lowest BCUT2D eigenvalue weighted by molar-refractivity contribution is -0.160. The van der Waals surface area contributed by atoms with Crippen LogP contribution in [0.25, 0.3) is 0 Å². The van der Waals surface area contributed by atoms with Gasteiger partial charge in [-0.1, -0.05) is 73.6 Å². The zero-order valence-corrected chi connectivity index (χ0v) is 23.9. The number of amides is 2. The number of hydrogen-bond acceptors (Lipinski definition) is 4. The van der Waals surface area contributed by atoms with E-state index < -0.39 is 11.4 Å². The van der Waals surface area contributed by atoms with Crippen LogP contribution in [0.3, 0.4) is 0 Å². The molecule has 6 nitrogen and oxygen atoms in total. The molecule has 2 atom stereocenters. The largest absolute Gasteiger partial charge is 0.477 e. The Labute approximate surface area is 217 Å². The number of fused-ring (bicyclic) bond motifs is 1. The van der Waals surface area contributed by atoms with E-state index in [2.05, 4.69) is 41.5 Å². The van der Waals surface area contributed by atoms with Crippen molar-refractivity contribution >= 4 is 29.5 Å². The van der Waals surface area contributed by atoms with E-state index in [1.165, 1.54) is 11.3 Å². The monoisotopic (exact) mass is 508 g/mol. The SMILES string of the molecule is CCCCCCC(=O)N(CCCCCC(C)(C)C)CC(C)(C)C1C(=O)N2C(C(=O)O)=C(C)CS[C@H]12. The molecule has 200 valence electrons. The molecule has 2 heterocycles. The van der Waals surface area contributed by atoms with E-state index in [9.17, 15) is 19.5 Å². The van der Waals surface area contributed by atoms with Gasteiger partial charge in [-0.2, -0.15) is 0 Å². The topological polar surface area (TPSA) is 77.9 Å². The molecule has 2 rings (SSSR count). The number of β-lactam (4-membered cyclic amide) rings is 1. The van der Waals surface area contributed by atoms with Crippen molar-refractivity contribution in [2.24, 2.45) is 16.7 Å². The molecule has 1 N–H and O–H groups in total. The van der Waals surface area contributed by atoms with Crippen molar-refractivity contribution in [1.29, 1.82) is 0 Å². The van der Waals surface area contributed by atoms with Crippen molar-refractivity contribution in [1.82, 2.24) is 9.80 Å². The minimum absolute atomic E-state index is 0.121. The van der Waals surface area contributed by atoms with Gasteiger partial charge in [0.15, 0.2) is 0 Å². The molecule has 2 amide bonds. The van der Waals surface area contributed by atoms with Gasteiger partial charge in [-0.05, 0) is 42.6 Å². The Morgan fingerprint density at radius 1 is 1.06 bits per heavy atom. The highest BCUT2D eigenvalue weighted by Gasteiger charge is 2.58. The Morgan fingerprint density at radius 3 is 2.31 bits per heavy atom. The maximum Gasteiger partial charge on any atom is 0.352 e. The first kappa shape index (κ1) is 29.7. The number of hydrogen-bond donors (Lipinski definition) is 1. The lowest BCUT2D eigenvalue weighted by Gasteiger charge is -2.55. The molecule has 0 aromatic carbocycles. The van der Waals surface area contributed by atoms with Gasteiger partial charge in [-0.15, -0.1) is 11.8 Å². The molecule has 0 aromatic rings. The predicted molar refractivity (Wildman–Crippen MR) is 144 cm³/mol. The summed E-state index contributed by atoms with van der Waals surface area (Å²) in [5.74, 6) is -0.629. The van der Waals surface area contributed by atoms with Gasteiger partial charge in [0.05, 0.1) is 11.3 Å². The van der Waals surface area contributed by atoms with Gasteiger partial charge in [0, 0.05) is 25.3 Å². The number of carboxylic acid groups (broad SMARTS) is 1. The Morgan fingerprint density at radius 2 is 1.71 bits per heavy atom. The fourth-order valence-corrected chi connectivity index (χ4v) is 6.83. The maximum absolute atomic E-state index is 13.2. The zero-order chi connectivity index (χ0) is 26.4. The number of aliphatic carboxylic acids is 1. The highest BCUT2D eigenvalue weighted by atomic mass is 32.2. The Hall–Kier alpha value is -1.50. The van der Waals surface area contributed by atoms with Crippen LogP contribution in [-0.4, -0.2) is 56.9 Å². The normalized spacial score (nSPS) is 20.5. The van der Waals surface area contributed by atoms with Crippen LogP contribution >= 0.6 is 11.8 Å². The fraction of sp³-hybridized carbons (Fsp3) is 0.821. The number of thioether (sulfide) groups is 1. The second-order valence-electron chi connectivity index (χ2n) is 12.3. The molecule has 1 unspecified atom stereocenters. The van der Waals surface area contributed by atoms with Crippen molar-refractivity contribution < 1.29 is 19.5 Å². The number of unbranched alkanes of at least 4 members (excludes halogenated alkanes) is 5. The molecule has 0 aliphatic carbocycles. The summed E-state index contributed by atoms with van der Waals surface area (Å²) in [6, 6.07) is 0. The van der Waals surface area contributed by atoms with Crippen LogP contribution in [-0.2, 0) is 14.4 Å². The van der Waals surface area contributed by atoms with Crippen LogP contribution in [0.1, 0.15) is 106 Å². The van der Waals surface area contributed by atoms with Gasteiger partial charge in [0.2, 0.25) is 11.8 Å². The van der Waals surface area contributed by atoms with E-state index in [1.54, 1.807) is 18.7 Å². The van der Waals surface area contributed by atoms with E-state index in [1.807, 2.05) is 4.90 Å². The van der Waals surface area contributed by atoms with E-state index in [4.69, 9.17) is 0 Å². The van der Waals surface area contributed by atoms with Gasteiger partial charge in [0.1, 0.15) is 5.70 Å². The van der Waals surface area contributed by atoms with Gasteiger partial charge in [-0.25, -0.2) is 4.79 Å². The number of rotatable bonds is 14. The third kappa shape index (κ3) is 7.99. The minimum Gasteiger partial charge on any atom is -0.477 e. The van der Waals surface area contributed by atoms with Crippen molar-refractivity contribution in [2.45, 2.75) is 112 Å². The van der Waals surface area contributed by atoms with Gasteiger partial charge in [0.25, 0.3) is 0 Å². The molecule has 0 spiro atoms. The smallest absolute Gasteiger partial charge is 0.352 e. The molecule has 35 heavy (non-hydrogen) atoms. The molecule has 0 saturated carbocycles. The number of carbonyl (C=O) groups is 3. The molecule has 2 aliphatic heterocycles. The highest BCUT2D eigenvalue weighted by Crippen LogP contribution is 2.50. The molecule has 0 aromatic heterocycles. The number of carboxylic acids is 1. The molecular weight excluding hydrogens is 460 g/mol. The third-order valence-electron chi connectivity index (χ3n) is 7.25. The number of carbonyl (C=O) groups excluding carboxylic acids is 2. The van der Waals surface area contributed by atoms with Crippen molar-refractivity contribution in [2.75, 3.05) is 18.8 Å². The summed E-state index contributed by atoms with van der Waals surface area (Å²) in [6.45, 7) is 16.1. The van der Waals surface area contributed by atoms with E-state index >= 15 is 0 Å². The summed E-state index contributed by atoms with van der Waals surface area (Å²) in [4.78, 5) is 41.7. The first-order chi connectivity index (χ1) is 16.3. The second kappa shape index (κ2) is 12.6. The first-order valence-corrected chi connectivity index (χ1v) is 14.5. The van der Waals surface area contributed by atoms with Crippen LogP contribution in [0.2, 0.25) is 0 Å². The average molecular weight is 509 g/mol. The molecule has 7 heteroatoms. The van der Waals surface area contributed by atoms with E-state index in [-0.39, 0.29) is 28.8 Å². The summed E-state index contributed by atoms with van der Waals surface area (Å²) in [6.07, 6.45) is 9.24. The Bertz CT molecular complexity index is 799. The number of nitrogens with zero attached hydrogens (tertiary/aromatic N) is 2. The summed E-state index contributed by atoms with van der Waals surface area (Å²) < 4.78 is 0. The predicted octanol–water partition coefficient (Wildman–Crippen LogP) is 6.31. The molecule has 0 bridgehead atoms. The molecule has 0 radical (unpaired) electrons. The Kier molecular flexibility index (Phi) is 10.7. The van der Waals surface area contributed by atoms with E-state index in [0.29, 0.717) is 24.1 Å². The van der Waals surface area contributed by atoms with Crippen molar-refractivity contribution in [3.05, 3.63) is 11.3 Å². The summed E-state index contributed by atoms with van der Waals surface area (Å²) in [5, 5.41) is 9.49.